The Balaban J connectivity index is 1.23. The van der Waals surface area contributed by atoms with Crippen LogP contribution < -0.4 is 20.7 Å². The first kappa shape index (κ1) is 29.9. The van der Waals surface area contributed by atoms with Gasteiger partial charge in [0.05, 0.1) is 17.2 Å². The van der Waals surface area contributed by atoms with Crippen LogP contribution in [0, 0.1) is 24.0 Å². The van der Waals surface area contributed by atoms with Gasteiger partial charge in [0.25, 0.3) is 0 Å². The number of ether oxygens (including phenoxy) is 2. The van der Waals surface area contributed by atoms with E-state index in [1.807, 2.05) is 0 Å². The number of piperazine rings is 1. The van der Waals surface area contributed by atoms with Crippen LogP contribution in [0.4, 0.5) is 29.1 Å². The van der Waals surface area contributed by atoms with Crippen molar-refractivity contribution in [1.82, 2.24) is 20.2 Å². The van der Waals surface area contributed by atoms with Gasteiger partial charge in [-0.3, -0.25) is 4.90 Å². The summed E-state index contributed by atoms with van der Waals surface area (Å²) in [7, 11) is 0. The van der Waals surface area contributed by atoms with Crippen molar-refractivity contribution < 1.29 is 27.0 Å². The van der Waals surface area contributed by atoms with Crippen LogP contribution in [-0.2, 0) is 4.74 Å². The SMILES string of the molecule is C#Cc1c(F)ccc2cc(N)cc(-c3ccc4c(N5CC6C=CC(C5)N6)nc(OC[C@@]56CCCN5C[C@H](OC(F)F)C6)nc4c3F)c12. The van der Waals surface area contributed by atoms with Gasteiger partial charge < -0.3 is 25.4 Å². The third kappa shape index (κ3) is 5.13. The fourth-order valence-corrected chi connectivity index (χ4v) is 7.96. The molecule has 0 radical (unpaired) electrons. The van der Waals surface area contributed by atoms with E-state index in [9.17, 15) is 13.2 Å². The van der Waals surface area contributed by atoms with Gasteiger partial charge in [0.2, 0.25) is 0 Å². The number of alkyl halides is 2. The van der Waals surface area contributed by atoms with E-state index in [1.165, 1.54) is 6.07 Å². The maximum Gasteiger partial charge on any atom is 0.345 e. The molecular formula is C35H32F4N6O2. The Morgan fingerprint density at radius 2 is 1.87 bits per heavy atom. The fraction of sp³-hybridized carbons (Fsp3) is 0.371. The van der Waals surface area contributed by atoms with Crippen molar-refractivity contribution in [2.75, 3.05) is 43.4 Å². The van der Waals surface area contributed by atoms with E-state index in [0.29, 0.717) is 59.3 Å². The van der Waals surface area contributed by atoms with Crippen molar-refractivity contribution in [3.8, 4) is 29.5 Å². The number of rotatable bonds is 7. The average Bonchev–Trinajstić information content (AvgIpc) is 3.70. The van der Waals surface area contributed by atoms with Crippen molar-refractivity contribution in [2.45, 2.75) is 49.6 Å². The molecule has 3 N–H and O–H groups in total. The maximum atomic E-state index is 16.9. The Kier molecular flexibility index (Phi) is 7.24. The van der Waals surface area contributed by atoms with Crippen molar-refractivity contribution in [3.63, 3.8) is 0 Å². The molecule has 4 aromatic rings. The van der Waals surface area contributed by atoms with E-state index in [1.54, 1.807) is 30.3 Å². The van der Waals surface area contributed by atoms with E-state index in [2.05, 4.69) is 38.2 Å². The number of benzene rings is 3. The first-order valence-corrected chi connectivity index (χ1v) is 15.7. The standard InChI is InChI=1S/C35H32F4N6O2/c1-2-24-28(36)9-4-19-12-20(40)13-27(29(19)24)25-7-8-26-31(30(25)37)42-34(43-32(26)44-15-21-5-6-22(16-44)41-21)46-18-35-10-3-11-45(35)17-23(14-35)47-33(38)39/h1,4-9,12-13,21-23,33,41H,3,10-11,14-18,40H2/t21?,22?,23-,35+/m1/s1. The smallest absolute Gasteiger partial charge is 0.345 e. The number of hydrogen-bond acceptors (Lipinski definition) is 8. The number of fused-ring (bicyclic) bond motifs is 5. The van der Waals surface area contributed by atoms with Gasteiger partial charge in [-0.25, -0.2) is 8.78 Å². The Morgan fingerprint density at radius 3 is 2.64 bits per heavy atom. The van der Waals surface area contributed by atoms with Crippen LogP contribution in [0.5, 0.6) is 6.01 Å². The second-order valence-electron chi connectivity index (χ2n) is 12.8. The Hall–Kier alpha value is -4.44. The molecule has 4 aliphatic heterocycles. The molecule has 0 spiro atoms. The number of halogens is 4. The summed E-state index contributed by atoms with van der Waals surface area (Å²) in [6.45, 7) is -0.356. The van der Waals surface area contributed by atoms with Crippen molar-refractivity contribution in [1.29, 1.82) is 0 Å². The Morgan fingerprint density at radius 1 is 1.06 bits per heavy atom. The predicted octanol–water partition coefficient (Wildman–Crippen LogP) is 5.23. The molecule has 1 aromatic heterocycles. The topological polar surface area (TPSA) is 88.8 Å². The highest BCUT2D eigenvalue weighted by Crippen LogP contribution is 2.42. The highest BCUT2D eigenvalue weighted by Gasteiger charge is 2.50. The average molecular weight is 645 g/mol. The van der Waals surface area contributed by atoms with Gasteiger partial charge in [-0.05, 0) is 61.0 Å². The molecule has 8 rings (SSSR count). The lowest BCUT2D eigenvalue weighted by atomic mass is 9.92. The minimum Gasteiger partial charge on any atom is -0.461 e. The van der Waals surface area contributed by atoms with Crippen LogP contribution in [0.1, 0.15) is 24.8 Å². The molecule has 5 heterocycles. The van der Waals surface area contributed by atoms with Crippen LogP contribution in [-0.4, -0.2) is 78.0 Å². The molecule has 3 saturated heterocycles. The molecule has 2 bridgehead atoms. The predicted molar refractivity (Wildman–Crippen MR) is 171 cm³/mol. The summed E-state index contributed by atoms with van der Waals surface area (Å²) < 4.78 is 69.0. The van der Waals surface area contributed by atoms with E-state index < -0.39 is 29.9 Å². The van der Waals surface area contributed by atoms with Crippen molar-refractivity contribution in [2.24, 2.45) is 0 Å². The van der Waals surface area contributed by atoms with Crippen LogP contribution >= 0.6 is 0 Å². The zero-order chi connectivity index (χ0) is 32.4. The van der Waals surface area contributed by atoms with E-state index >= 15 is 4.39 Å². The lowest BCUT2D eigenvalue weighted by molar-refractivity contribution is -0.159. The van der Waals surface area contributed by atoms with Gasteiger partial charge in [0.15, 0.2) is 5.82 Å². The number of terminal acetylenes is 1. The third-order valence-corrected chi connectivity index (χ3v) is 9.97. The molecule has 8 nitrogen and oxygen atoms in total. The first-order valence-electron chi connectivity index (χ1n) is 15.7. The fourth-order valence-electron chi connectivity index (χ4n) is 7.96. The van der Waals surface area contributed by atoms with Crippen LogP contribution in [0.25, 0.3) is 32.8 Å². The van der Waals surface area contributed by atoms with Gasteiger partial charge in [-0.15, -0.1) is 6.42 Å². The zero-order valence-electron chi connectivity index (χ0n) is 25.4. The minimum atomic E-state index is -2.85. The normalized spacial score (nSPS) is 25.3. The number of nitrogens with one attached hydrogen (secondary N) is 1. The molecule has 3 aromatic carbocycles. The van der Waals surface area contributed by atoms with Gasteiger partial charge in [0, 0.05) is 53.7 Å². The number of aromatic nitrogens is 2. The van der Waals surface area contributed by atoms with Gasteiger partial charge in [0.1, 0.15) is 23.8 Å². The minimum absolute atomic E-state index is 0.0132. The number of nitrogen functional groups attached to an aromatic ring is 1. The lowest BCUT2D eigenvalue weighted by Gasteiger charge is -2.35. The second-order valence-corrected chi connectivity index (χ2v) is 12.8. The molecule has 3 fully saturated rings. The molecule has 242 valence electrons. The third-order valence-electron chi connectivity index (χ3n) is 9.97. The van der Waals surface area contributed by atoms with Gasteiger partial charge in [-0.1, -0.05) is 30.2 Å². The molecule has 2 unspecified atom stereocenters. The summed E-state index contributed by atoms with van der Waals surface area (Å²) >= 11 is 0. The summed E-state index contributed by atoms with van der Waals surface area (Å²) in [4.78, 5) is 13.6. The highest BCUT2D eigenvalue weighted by atomic mass is 19.3. The summed E-state index contributed by atoms with van der Waals surface area (Å²) in [6, 6.07) is 9.67. The molecule has 12 heteroatoms. The van der Waals surface area contributed by atoms with Crippen LogP contribution in [0.3, 0.4) is 0 Å². The molecule has 0 amide bonds. The summed E-state index contributed by atoms with van der Waals surface area (Å²) in [5.74, 6) is 1.69. The zero-order valence-corrected chi connectivity index (χ0v) is 25.4. The van der Waals surface area contributed by atoms with Gasteiger partial charge >= 0.3 is 12.6 Å². The van der Waals surface area contributed by atoms with Crippen LogP contribution in [0.15, 0.2) is 48.6 Å². The molecular weight excluding hydrogens is 612 g/mol. The maximum absolute atomic E-state index is 16.9. The summed E-state index contributed by atoms with van der Waals surface area (Å²) in [5, 5.41) is 4.95. The molecule has 47 heavy (non-hydrogen) atoms. The molecule has 4 aliphatic rings. The number of nitrogens with two attached hydrogens (primary N) is 1. The quantitative estimate of drug-likeness (QED) is 0.122. The lowest BCUT2D eigenvalue weighted by Crippen LogP contribution is -2.52. The monoisotopic (exact) mass is 644 g/mol. The second kappa shape index (κ2) is 11.4. The van der Waals surface area contributed by atoms with Crippen molar-refractivity contribution in [3.05, 3.63) is 65.7 Å². The number of nitrogens with zero attached hydrogens (tertiary/aromatic N) is 4. The molecule has 0 aliphatic carbocycles. The van der Waals surface area contributed by atoms with E-state index in [4.69, 9.17) is 26.6 Å². The summed E-state index contributed by atoms with van der Waals surface area (Å²) in [5.41, 5.74) is 6.62. The molecule has 4 atom stereocenters. The number of anilines is 2. The first-order chi connectivity index (χ1) is 22.7. The number of hydrogen-bond donors (Lipinski definition) is 2. The van der Waals surface area contributed by atoms with Crippen molar-refractivity contribution >= 4 is 33.2 Å². The Bertz CT molecular complexity index is 1970. The molecule has 0 saturated carbocycles. The van der Waals surface area contributed by atoms with E-state index in [0.717, 1.165) is 19.4 Å². The van der Waals surface area contributed by atoms with Gasteiger partial charge in [-0.2, -0.15) is 18.7 Å². The van der Waals surface area contributed by atoms with E-state index in [-0.39, 0.29) is 41.3 Å². The largest absolute Gasteiger partial charge is 0.461 e. The Labute approximate surface area is 268 Å². The highest BCUT2D eigenvalue weighted by molar-refractivity contribution is 6.04. The van der Waals surface area contributed by atoms with Crippen LogP contribution in [0.2, 0.25) is 0 Å². The summed E-state index contributed by atoms with van der Waals surface area (Å²) in [6.07, 6.45) is 11.4.